The number of nitrogens with two attached hydrogens (primary N) is 1. The molecule has 0 bridgehead atoms. The van der Waals surface area contributed by atoms with E-state index in [4.69, 9.17) is 17.3 Å². The van der Waals surface area contributed by atoms with E-state index in [1.54, 1.807) is 6.07 Å². The van der Waals surface area contributed by atoms with Gasteiger partial charge in [-0.15, -0.1) is 11.3 Å². The molecule has 0 amide bonds. The van der Waals surface area contributed by atoms with Crippen LogP contribution in [0, 0.1) is 5.92 Å². The maximum atomic E-state index is 12.1. The third-order valence-corrected chi connectivity index (χ3v) is 6.41. The molecule has 0 aliphatic rings. The maximum Gasteiger partial charge on any atom is 0.192 e. The van der Waals surface area contributed by atoms with E-state index < -0.39 is 15.1 Å². The number of hydrogen-bond donors (Lipinski definition) is 1. The molecule has 1 unspecified atom stereocenters. The summed E-state index contributed by atoms with van der Waals surface area (Å²) in [6, 6.07) is 3.13. The third kappa shape index (κ3) is 2.72. The number of thiophene rings is 1. The summed E-state index contributed by atoms with van der Waals surface area (Å²) < 4.78 is 25.0. The van der Waals surface area contributed by atoms with Crippen molar-refractivity contribution >= 4 is 32.8 Å². The fourth-order valence-corrected chi connectivity index (χ4v) is 4.90. The van der Waals surface area contributed by atoms with Crippen LogP contribution in [0.1, 0.15) is 13.8 Å². The highest BCUT2D eigenvalue weighted by Gasteiger charge is 2.30. The van der Waals surface area contributed by atoms with E-state index in [0.29, 0.717) is 8.55 Å². The second-order valence-electron chi connectivity index (χ2n) is 3.62. The minimum Gasteiger partial charge on any atom is -0.329 e. The van der Waals surface area contributed by atoms with Crippen LogP contribution in [0.2, 0.25) is 4.34 Å². The summed E-state index contributed by atoms with van der Waals surface area (Å²) >= 11 is 6.79. The van der Waals surface area contributed by atoms with Gasteiger partial charge in [-0.3, -0.25) is 0 Å². The summed E-state index contributed by atoms with van der Waals surface area (Å²) in [4.78, 5) is 0. The molecule has 0 radical (unpaired) electrons. The maximum absolute atomic E-state index is 12.1. The monoisotopic (exact) mass is 267 g/mol. The second kappa shape index (κ2) is 4.82. The summed E-state index contributed by atoms with van der Waals surface area (Å²) in [7, 11) is -3.32. The van der Waals surface area contributed by atoms with Crippen molar-refractivity contribution < 1.29 is 8.42 Å². The first kappa shape index (κ1) is 13.0. The Kier molecular flexibility index (Phi) is 4.17. The molecule has 1 atom stereocenters. The molecule has 0 saturated carbocycles. The molecule has 1 aromatic rings. The molecule has 86 valence electrons. The summed E-state index contributed by atoms with van der Waals surface area (Å²) in [5.41, 5.74) is 5.50. The van der Waals surface area contributed by atoms with Crippen LogP contribution < -0.4 is 5.73 Å². The standard InChI is InChI=1S/C9H14ClNO2S2/c1-6(2)7(5-11)15(12,13)9-4-3-8(10)14-9/h3-4,6-7H,5,11H2,1-2H3. The van der Waals surface area contributed by atoms with Gasteiger partial charge in [0.2, 0.25) is 0 Å². The highest BCUT2D eigenvalue weighted by atomic mass is 35.5. The van der Waals surface area contributed by atoms with Crippen LogP contribution >= 0.6 is 22.9 Å². The lowest BCUT2D eigenvalue weighted by molar-refractivity contribution is 0.535. The van der Waals surface area contributed by atoms with Crippen molar-refractivity contribution in [1.82, 2.24) is 0 Å². The lowest BCUT2D eigenvalue weighted by Gasteiger charge is -2.17. The van der Waals surface area contributed by atoms with Crippen LogP contribution in [-0.4, -0.2) is 20.2 Å². The second-order valence-corrected chi connectivity index (χ2v) is 7.73. The number of rotatable bonds is 4. The molecule has 1 aromatic heterocycles. The van der Waals surface area contributed by atoms with Crippen molar-refractivity contribution in [2.24, 2.45) is 11.7 Å². The average Bonchev–Trinajstić information content (AvgIpc) is 2.52. The van der Waals surface area contributed by atoms with Crippen LogP contribution in [0.5, 0.6) is 0 Å². The van der Waals surface area contributed by atoms with Crippen LogP contribution in [-0.2, 0) is 9.84 Å². The van der Waals surface area contributed by atoms with Crippen LogP contribution in [0.4, 0.5) is 0 Å². The van der Waals surface area contributed by atoms with Crippen LogP contribution in [0.25, 0.3) is 0 Å². The van der Waals surface area contributed by atoms with Gasteiger partial charge >= 0.3 is 0 Å². The van der Waals surface area contributed by atoms with E-state index in [1.807, 2.05) is 13.8 Å². The summed E-state index contributed by atoms with van der Waals surface area (Å²) in [5, 5.41) is -0.535. The molecular weight excluding hydrogens is 254 g/mol. The molecule has 1 rings (SSSR count). The Labute approximate surface area is 99.2 Å². The molecule has 0 fully saturated rings. The normalized spacial score (nSPS) is 14.5. The molecule has 2 N–H and O–H groups in total. The topological polar surface area (TPSA) is 60.2 Å². The summed E-state index contributed by atoms with van der Waals surface area (Å²) in [6.45, 7) is 3.84. The first-order valence-corrected chi connectivity index (χ1v) is 7.33. The van der Waals surface area contributed by atoms with E-state index in [9.17, 15) is 8.42 Å². The van der Waals surface area contributed by atoms with Gasteiger partial charge in [0, 0.05) is 6.54 Å². The Bertz CT molecular complexity index is 425. The number of hydrogen-bond acceptors (Lipinski definition) is 4. The fraction of sp³-hybridized carbons (Fsp3) is 0.556. The zero-order chi connectivity index (χ0) is 11.6. The van der Waals surface area contributed by atoms with Crippen molar-refractivity contribution in [2.75, 3.05) is 6.54 Å². The van der Waals surface area contributed by atoms with Crippen LogP contribution in [0.15, 0.2) is 16.3 Å². The largest absolute Gasteiger partial charge is 0.329 e. The van der Waals surface area contributed by atoms with Gasteiger partial charge in [0.05, 0.1) is 9.59 Å². The molecule has 0 saturated heterocycles. The van der Waals surface area contributed by atoms with Crippen molar-refractivity contribution in [3.8, 4) is 0 Å². The summed E-state index contributed by atoms with van der Waals surface area (Å²) in [6.07, 6.45) is 0. The average molecular weight is 268 g/mol. The van der Waals surface area contributed by atoms with E-state index in [0.717, 1.165) is 11.3 Å². The molecule has 3 nitrogen and oxygen atoms in total. The first-order chi connectivity index (χ1) is 6.89. The van der Waals surface area contributed by atoms with Gasteiger partial charge in [-0.05, 0) is 18.1 Å². The molecule has 15 heavy (non-hydrogen) atoms. The van der Waals surface area contributed by atoms with Crippen LogP contribution in [0.3, 0.4) is 0 Å². The smallest absolute Gasteiger partial charge is 0.192 e. The minimum atomic E-state index is -3.32. The molecule has 0 aliphatic carbocycles. The number of sulfone groups is 1. The van der Waals surface area contributed by atoms with Gasteiger partial charge in [-0.1, -0.05) is 25.4 Å². The predicted molar refractivity (Wildman–Crippen MR) is 64.2 cm³/mol. The van der Waals surface area contributed by atoms with E-state index in [2.05, 4.69) is 0 Å². The lowest BCUT2D eigenvalue weighted by Crippen LogP contribution is -2.34. The predicted octanol–water partition coefficient (Wildman–Crippen LogP) is 2.16. The van der Waals surface area contributed by atoms with E-state index >= 15 is 0 Å². The number of halogens is 1. The van der Waals surface area contributed by atoms with E-state index in [-0.39, 0.29) is 12.5 Å². The van der Waals surface area contributed by atoms with Crippen molar-refractivity contribution in [2.45, 2.75) is 23.3 Å². The highest BCUT2D eigenvalue weighted by molar-refractivity contribution is 7.94. The van der Waals surface area contributed by atoms with Gasteiger partial charge in [0.25, 0.3) is 0 Å². The minimum absolute atomic E-state index is 0.000811. The van der Waals surface area contributed by atoms with Crippen molar-refractivity contribution in [3.63, 3.8) is 0 Å². The Morgan fingerprint density at radius 1 is 1.47 bits per heavy atom. The highest BCUT2D eigenvalue weighted by Crippen LogP contribution is 2.30. The third-order valence-electron chi connectivity index (χ3n) is 2.20. The SMILES string of the molecule is CC(C)C(CN)S(=O)(=O)c1ccc(Cl)s1. The first-order valence-electron chi connectivity index (χ1n) is 4.59. The van der Waals surface area contributed by atoms with Crippen molar-refractivity contribution in [3.05, 3.63) is 16.5 Å². The Hall–Kier alpha value is -0.100. The van der Waals surface area contributed by atoms with Crippen molar-refractivity contribution in [1.29, 1.82) is 0 Å². The molecule has 1 heterocycles. The lowest BCUT2D eigenvalue weighted by atomic mass is 10.1. The van der Waals surface area contributed by atoms with Gasteiger partial charge in [-0.25, -0.2) is 8.42 Å². The van der Waals surface area contributed by atoms with Gasteiger partial charge in [0.1, 0.15) is 4.21 Å². The Morgan fingerprint density at radius 3 is 2.40 bits per heavy atom. The molecule has 0 spiro atoms. The quantitative estimate of drug-likeness (QED) is 0.909. The molecule has 0 aromatic carbocycles. The zero-order valence-corrected chi connectivity index (χ0v) is 11.0. The van der Waals surface area contributed by atoms with Gasteiger partial charge in [-0.2, -0.15) is 0 Å². The Balaban J connectivity index is 3.12. The fourth-order valence-electron chi connectivity index (χ4n) is 1.36. The van der Waals surface area contributed by atoms with Gasteiger partial charge < -0.3 is 5.73 Å². The van der Waals surface area contributed by atoms with Gasteiger partial charge in [0.15, 0.2) is 9.84 Å². The Morgan fingerprint density at radius 2 is 2.07 bits per heavy atom. The molecular formula is C9H14ClNO2S2. The molecule has 0 aliphatic heterocycles. The zero-order valence-electron chi connectivity index (χ0n) is 8.60. The summed E-state index contributed by atoms with van der Waals surface area (Å²) in [5.74, 6) is 0.000811. The molecule has 6 heteroatoms. The van der Waals surface area contributed by atoms with E-state index in [1.165, 1.54) is 6.07 Å².